The summed E-state index contributed by atoms with van der Waals surface area (Å²) in [7, 11) is 1.74. The predicted octanol–water partition coefficient (Wildman–Crippen LogP) is 2.49. The lowest BCUT2D eigenvalue weighted by molar-refractivity contribution is 0.0527. The zero-order valence-corrected chi connectivity index (χ0v) is 17.7. The molecular formula is C21H32N6O2. The van der Waals surface area contributed by atoms with Crippen molar-refractivity contribution in [2.75, 3.05) is 26.7 Å². The number of rotatable bonds is 8. The number of benzene rings is 1. The van der Waals surface area contributed by atoms with Gasteiger partial charge in [0, 0.05) is 39.1 Å². The number of amides is 1. The van der Waals surface area contributed by atoms with Crippen LogP contribution in [0, 0.1) is 0 Å². The van der Waals surface area contributed by atoms with Gasteiger partial charge in [-0.2, -0.15) is 5.10 Å². The van der Waals surface area contributed by atoms with E-state index in [1.807, 2.05) is 37.7 Å². The molecule has 0 unspecified atom stereocenters. The Morgan fingerprint density at radius 1 is 1.10 bits per heavy atom. The average Bonchev–Trinajstić information content (AvgIpc) is 3.20. The maximum atomic E-state index is 11.6. The van der Waals surface area contributed by atoms with Gasteiger partial charge in [-0.05, 0) is 57.4 Å². The van der Waals surface area contributed by atoms with Crippen molar-refractivity contribution in [1.82, 2.24) is 25.7 Å². The van der Waals surface area contributed by atoms with Gasteiger partial charge >= 0.3 is 6.09 Å². The number of hydrogen-bond donors (Lipinski definition) is 3. The molecule has 0 aliphatic carbocycles. The van der Waals surface area contributed by atoms with E-state index >= 15 is 0 Å². The van der Waals surface area contributed by atoms with Gasteiger partial charge in [0.15, 0.2) is 5.96 Å². The van der Waals surface area contributed by atoms with Crippen molar-refractivity contribution in [3.8, 4) is 5.69 Å². The summed E-state index contributed by atoms with van der Waals surface area (Å²) in [4.78, 5) is 15.8. The first-order chi connectivity index (χ1) is 13.9. The minimum atomic E-state index is -0.478. The molecule has 0 bridgehead atoms. The molecule has 0 fully saturated rings. The summed E-state index contributed by atoms with van der Waals surface area (Å²) >= 11 is 0. The van der Waals surface area contributed by atoms with Crippen LogP contribution in [-0.4, -0.2) is 54.1 Å². The van der Waals surface area contributed by atoms with Gasteiger partial charge in [-0.3, -0.25) is 4.99 Å². The molecule has 0 aliphatic rings. The molecule has 1 aromatic heterocycles. The van der Waals surface area contributed by atoms with Crippen LogP contribution in [0.15, 0.2) is 47.7 Å². The fourth-order valence-corrected chi connectivity index (χ4v) is 2.58. The molecule has 0 saturated heterocycles. The standard InChI is InChI=1S/C21H32N6O2/c1-21(2,3)29-20(28)25-13-5-12-23-19(22-4)24-15-11-17-7-9-18(10-8-17)27-16-6-14-26-27/h6-10,14,16H,5,11-13,15H2,1-4H3,(H,25,28)(H2,22,23,24). The highest BCUT2D eigenvalue weighted by molar-refractivity contribution is 5.79. The third-order valence-corrected chi connectivity index (χ3v) is 3.95. The van der Waals surface area contributed by atoms with Gasteiger partial charge in [0.05, 0.1) is 5.69 Å². The Bertz CT molecular complexity index is 763. The summed E-state index contributed by atoms with van der Waals surface area (Å²) < 4.78 is 7.04. The normalized spacial score (nSPS) is 11.8. The van der Waals surface area contributed by atoms with Crippen molar-refractivity contribution in [1.29, 1.82) is 0 Å². The number of ether oxygens (including phenoxy) is 1. The topological polar surface area (TPSA) is 92.6 Å². The number of aromatic nitrogens is 2. The van der Waals surface area contributed by atoms with Crippen LogP contribution in [0.4, 0.5) is 4.79 Å². The highest BCUT2D eigenvalue weighted by Crippen LogP contribution is 2.09. The van der Waals surface area contributed by atoms with E-state index in [4.69, 9.17) is 4.74 Å². The van der Waals surface area contributed by atoms with Gasteiger partial charge in [-0.1, -0.05) is 12.1 Å². The maximum Gasteiger partial charge on any atom is 0.407 e. The zero-order valence-electron chi connectivity index (χ0n) is 17.7. The molecule has 1 amide bonds. The summed E-state index contributed by atoms with van der Waals surface area (Å²) in [5.41, 5.74) is 1.81. The Balaban J connectivity index is 1.61. The highest BCUT2D eigenvalue weighted by atomic mass is 16.6. The van der Waals surface area contributed by atoms with Crippen molar-refractivity contribution in [2.24, 2.45) is 4.99 Å². The van der Waals surface area contributed by atoms with Gasteiger partial charge in [-0.25, -0.2) is 9.48 Å². The number of aliphatic imine (C=N–C) groups is 1. The lowest BCUT2D eigenvalue weighted by Gasteiger charge is -2.19. The van der Waals surface area contributed by atoms with Gasteiger partial charge < -0.3 is 20.7 Å². The van der Waals surface area contributed by atoms with E-state index < -0.39 is 11.7 Å². The molecule has 0 aliphatic heterocycles. The van der Waals surface area contributed by atoms with Gasteiger partial charge in [-0.15, -0.1) is 0 Å². The quantitative estimate of drug-likeness (QED) is 0.360. The molecular weight excluding hydrogens is 368 g/mol. The Hall–Kier alpha value is -3.03. The Labute approximate surface area is 172 Å². The van der Waals surface area contributed by atoms with Crippen molar-refractivity contribution in [2.45, 2.75) is 39.2 Å². The first-order valence-electron chi connectivity index (χ1n) is 9.88. The van der Waals surface area contributed by atoms with Gasteiger partial charge in [0.25, 0.3) is 0 Å². The number of guanidine groups is 1. The van der Waals surface area contributed by atoms with Crippen molar-refractivity contribution in [3.05, 3.63) is 48.3 Å². The molecule has 0 radical (unpaired) electrons. The van der Waals surface area contributed by atoms with Crippen molar-refractivity contribution < 1.29 is 9.53 Å². The van der Waals surface area contributed by atoms with Crippen molar-refractivity contribution >= 4 is 12.1 Å². The van der Waals surface area contributed by atoms with Crippen LogP contribution in [0.5, 0.6) is 0 Å². The number of hydrogen-bond acceptors (Lipinski definition) is 4. The molecule has 2 aromatic rings. The molecule has 158 valence electrons. The molecule has 1 heterocycles. The van der Waals surface area contributed by atoms with Gasteiger partial charge in [0.2, 0.25) is 0 Å². The first-order valence-corrected chi connectivity index (χ1v) is 9.88. The minimum absolute atomic E-state index is 0.390. The summed E-state index contributed by atoms with van der Waals surface area (Å²) in [5, 5.41) is 13.5. The van der Waals surface area contributed by atoms with Crippen LogP contribution in [0.25, 0.3) is 5.69 Å². The van der Waals surface area contributed by atoms with Gasteiger partial charge in [0.1, 0.15) is 5.60 Å². The van der Waals surface area contributed by atoms with Crippen LogP contribution in [0.2, 0.25) is 0 Å². The second-order valence-electron chi connectivity index (χ2n) is 7.58. The first kappa shape index (κ1) is 22.3. The largest absolute Gasteiger partial charge is 0.444 e. The van der Waals surface area contributed by atoms with E-state index in [2.05, 4.69) is 50.3 Å². The Morgan fingerprint density at radius 2 is 1.79 bits per heavy atom. The fourth-order valence-electron chi connectivity index (χ4n) is 2.58. The van der Waals surface area contributed by atoms with Crippen LogP contribution >= 0.6 is 0 Å². The average molecular weight is 401 g/mol. The third kappa shape index (κ3) is 8.68. The van der Waals surface area contributed by atoms with Crippen LogP contribution in [0.3, 0.4) is 0 Å². The molecule has 0 atom stereocenters. The Kier molecular flexibility index (Phi) is 8.51. The fraction of sp³-hybridized carbons (Fsp3) is 0.476. The molecule has 3 N–H and O–H groups in total. The van der Waals surface area contributed by atoms with E-state index in [1.54, 1.807) is 13.2 Å². The number of alkyl carbamates (subject to hydrolysis) is 1. The molecule has 1 aromatic carbocycles. The summed E-state index contributed by atoms with van der Waals surface area (Å²) in [5.74, 6) is 0.746. The number of carbonyl (C=O) groups excluding carboxylic acids is 1. The Morgan fingerprint density at radius 3 is 2.41 bits per heavy atom. The smallest absolute Gasteiger partial charge is 0.407 e. The summed E-state index contributed by atoms with van der Waals surface area (Å²) in [6.07, 6.45) is 4.97. The lowest BCUT2D eigenvalue weighted by atomic mass is 10.1. The lowest BCUT2D eigenvalue weighted by Crippen LogP contribution is -2.40. The zero-order chi connectivity index (χ0) is 21.1. The van der Waals surface area contributed by atoms with E-state index in [0.717, 1.165) is 31.0 Å². The van der Waals surface area contributed by atoms with Crippen molar-refractivity contribution in [3.63, 3.8) is 0 Å². The molecule has 8 heteroatoms. The minimum Gasteiger partial charge on any atom is -0.444 e. The second-order valence-corrected chi connectivity index (χ2v) is 7.58. The van der Waals surface area contributed by atoms with Crippen LogP contribution < -0.4 is 16.0 Å². The maximum absolute atomic E-state index is 11.6. The highest BCUT2D eigenvalue weighted by Gasteiger charge is 2.15. The summed E-state index contributed by atoms with van der Waals surface area (Å²) in [6.45, 7) is 7.55. The molecule has 0 saturated carbocycles. The van der Waals surface area contributed by atoms with E-state index in [1.165, 1.54) is 5.56 Å². The molecule has 8 nitrogen and oxygen atoms in total. The molecule has 0 spiro atoms. The third-order valence-electron chi connectivity index (χ3n) is 3.95. The number of nitrogens with one attached hydrogen (secondary N) is 3. The number of carbonyl (C=O) groups is 1. The van der Waals surface area contributed by atoms with Crippen LogP contribution in [0.1, 0.15) is 32.8 Å². The summed E-state index contributed by atoms with van der Waals surface area (Å²) in [6, 6.07) is 10.2. The second kappa shape index (κ2) is 11.1. The number of nitrogens with zero attached hydrogens (tertiary/aromatic N) is 3. The van der Waals surface area contributed by atoms with E-state index in [0.29, 0.717) is 13.1 Å². The monoisotopic (exact) mass is 400 g/mol. The molecule has 29 heavy (non-hydrogen) atoms. The molecule has 2 rings (SSSR count). The SMILES string of the molecule is CN=C(NCCCNC(=O)OC(C)(C)C)NCCc1ccc(-n2cccn2)cc1. The van der Waals surface area contributed by atoms with E-state index in [9.17, 15) is 4.79 Å². The van der Waals surface area contributed by atoms with Crippen LogP contribution in [-0.2, 0) is 11.2 Å². The predicted molar refractivity (Wildman–Crippen MR) is 115 cm³/mol. The van der Waals surface area contributed by atoms with E-state index in [-0.39, 0.29) is 0 Å².